The first kappa shape index (κ1) is 15.0. The summed E-state index contributed by atoms with van der Waals surface area (Å²) >= 11 is 0. The van der Waals surface area contributed by atoms with Crippen LogP contribution in [0.15, 0.2) is 18.2 Å². The monoisotopic (exact) mass is 286 g/mol. The molecule has 0 aliphatic heterocycles. The summed E-state index contributed by atoms with van der Waals surface area (Å²) < 4.78 is 76.1. The van der Waals surface area contributed by atoms with Gasteiger partial charge in [0.2, 0.25) is 0 Å². The maximum Gasteiger partial charge on any atom is 0.417 e. The third-order valence-corrected chi connectivity index (χ3v) is 3.13. The van der Waals surface area contributed by atoms with E-state index in [1.807, 2.05) is 0 Å². The number of hydrogen-bond donors (Lipinski definition) is 0. The van der Waals surface area contributed by atoms with Gasteiger partial charge in [-0.25, -0.2) is 0 Å². The van der Waals surface area contributed by atoms with E-state index >= 15 is 0 Å². The quantitative estimate of drug-likeness (QED) is 0.526. The summed E-state index contributed by atoms with van der Waals surface area (Å²) in [6, 6.07) is 2.11. The third-order valence-electron chi connectivity index (χ3n) is 1.98. The average Bonchev–Trinajstić information content (AvgIpc) is 2.13. The van der Waals surface area contributed by atoms with Crippen LogP contribution in [0.25, 0.3) is 0 Å². The molecule has 1 aromatic rings. The standard InChI is InChI=1S/C11H9F6P/c1-6(2)18-9-7(10(12,13)14)4-3-5-8(9)11(15,16)17/h3-5H,1-2H3. The van der Waals surface area contributed by atoms with Gasteiger partial charge in [0, 0.05) is 5.30 Å². The minimum Gasteiger partial charge on any atom is -0.166 e. The second kappa shape index (κ2) is 4.92. The van der Waals surface area contributed by atoms with Gasteiger partial charge in [-0.3, -0.25) is 0 Å². The molecule has 1 aromatic carbocycles. The van der Waals surface area contributed by atoms with Crippen LogP contribution >= 0.6 is 8.20 Å². The van der Waals surface area contributed by atoms with Gasteiger partial charge in [-0.1, -0.05) is 14.3 Å². The Kier molecular flexibility index (Phi) is 4.11. The van der Waals surface area contributed by atoms with Crippen molar-refractivity contribution in [3.8, 4) is 0 Å². The van der Waals surface area contributed by atoms with Gasteiger partial charge in [-0.15, -0.1) is 0 Å². The van der Waals surface area contributed by atoms with Crippen molar-refractivity contribution in [3.05, 3.63) is 29.3 Å². The van der Waals surface area contributed by atoms with Crippen LogP contribution in [0.4, 0.5) is 26.3 Å². The highest BCUT2D eigenvalue weighted by atomic mass is 31.1. The van der Waals surface area contributed by atoms with Gasteiger partial charge in [0.05, 0.1) is 11.1 Å². The van der Waals surface area contributed by atoms with E-state index in [0.29, 0.717) is 17.4 Å². The first-order valence-electron chi connectivity index (χ1n) is 4.83. The highest BCUT2D eigenvalue weighted by Gasteiger charge is 2.40. The van der Waals surface area contributed by atoms with Gasteiger partial charge < -0.3 is 0 Å². The largest absolute Gasteiger partial charge is 0.417 e. The maximum atomic E-state index is 12.7. The molecule has 0 spiro atoms. The maximum absolute atomic E-state index is 12.7. The van der Waals surface area contributed by atoms with Crippen molar-refractivity contribution in [1.29, 1.82) is 0 Å². The third kappa shape index (κ3) is 3.48. The molecule has 0 N–H and O–H groups in total. The van der Waals surface area contributed by atoms with Crippen LogP contribution in [0.1, 0.15) is 25.0 Å². The summed E-state index contributed by atoms with van der Waals surface area (Å²) in [7, 11) is -0.0678. The number of alkyl halides is 6. The molecule has 0 unspecified atom stereocenters. The number of benzene rings is 1. The van der Waals surface area contributed by atoms with E-state index in [1.165, 1.54) is 13.8 Å². The van der Waals surface area contributed by atoms with E-state index in [1.54, 1.807) is 0 Å². The lowest BCUT2D eigenvalue weighted by Gasteiger charge is -2.16. The highest BCUT2D eigenvalue weighted by Crippen LogP contribution is 2.36. The molecule has 0 aliphatic rings. The lowest BCUT2D eigenvalue weighted by Crippen LogP contribution is -2.23. The van der Waals surface area contributed by atoms with Crippen LogP contribution in [0, 0.1) is 0 Å². The lowest BCUT2D eigenvalue weighted by atomic mass is 10.1. The van der Waals surface area contributed by atoms with E-state index in [4.69, 9.17) is 0 Å². The zero-order valence-electron chi connectivity index (χ0n) is 9.45. The van der Waals surface area contributed by atoms with Crippen molar-refractivity contribution in [2.24, 2.45) is 0 Å². The van der Waals surface area contributed by atoms with Crippen LogP contribution in [-0.4, -0.2) is 5.29 Å². The molecule has 1 rings (SSSR count). The van der Waals surface area contributed by atoms with Gasteiger partial charge >= 0.3 is 12.4 Å². The molecule has 7 heteroatoms. The van der Waals surface area contributed by atoms with E-state index in [9.17, 15) is 26.3 Å². The molecule has 0 bridgehead atoms. The Balaban J connectivity index is 3.61. The number of rotatable bonds is 1. The zero-order valence-corrected chi connectivity index (χ0v) is 10.3. The topological polar surface area (TPSA) is 0 Å². The van der Waals surface area contributed by atoms with Gasteiger partial charge in [0.15, 0.2) is 0 Å². The molecule has 0 heterocycles. The predicted octanol–water partition coefficient (Wildman–Crippen LogP) is 4.51. The fourth-order valence-electron chi connectivity index (χ4n) is 1.35. The van der Waals surface area contributed by atoms with Crippen LogP contribution in [-0.2, 0) is 12.4 Å². The van der Waals surface area contributed by atoms with Gasteiger partial charge in [-0.05, 0) is 31.3 Å². The van der Waals surface area contributed by atoms with Crippen molar-refractivity contribution in [3.63, 3.8) is 0 Å². The Hall–Kier alpha value is -1.03. The minimum absolute atomic E-state index is 0.0678. The van der Waals surface area contributed by atoms with Crippen molar-refractivity contribution >= 4 is 18.8 Å². The Bertz CT molecular complexity index is 433. The summed E-state index contributed by atoms with van der Waals surface area (Å²) in [4.78, 5) is 0. The van der Waals surface area contributed by atoms with E-state index in [2.05, 4.69) is 0 Å². The Labute approximate surface area is 101 Å². The molecule has 0 aliphatic carbocycles. The zero-order chi connectivity index (χ0) is 14.1. The van der Waals surface area contributed by atoms with Crippen molar-refractivity contribution in [1.82, 2.24) is 0 Å². The van der Waals surface area contributed by atoms with E-state index < -0.39 is 28.8 Å². The summed E-state index contributed by atoms with van der Waals surface area (Å²) in [5, 5.41) is -0.283. The normalized spacial score (nSPS) is 12.9. The molecule has 0 fully saturated rings. The van der Waals surface area contributed by atoms with Gasteiger partial charge in [0.25, 0.3) is 0 Å². The number of hydrogen-bond acceptors (Lipinski definition) is 0. The second-order valence-corrected chi connectivity index (χ2v) is 5.32. The Morgan fingerprint density at radius 3 is 1.56 bits per heavy atom. The highest BCUT2D eigenvalue weighted by molar-refractivity contribution is 7.49. The van der Waals surface area contributed by atoms with Gasteiger partial charge in [-0.2, -0.15) is 26.3 Å². The van der Waals surface area contributed by atoms with Crippen LogP contribution in [0.2, 0.25) is 0 Å². The Morgan fingerprint density at radius 1 is 0.889 bits per heavy atom. The van der Waals surface area contributed by atoms with Crippen molar-refractivity contribution in [2.45, 2.75) is 26.2 Å². The number of halogens is 6. The summed E-state index contributed by atoms with van der Waals surface area (Å²) in [6.45, 7) is 2.96. The van der Waals surface area contributed by atoms with Crippen LogP contribution < -0.4 is 5.30 Å². The molecule has 0 atom stereocenters. The molecule has 18 heavy (non-hydrogen) atoms. The van der Waals surface area contributed by atoms with Gasteiger partial charge in [0.1, 0.15) is 0 Å². The summed E-state index contributed by atoms with van der Waals surface area (Å²) in [5.41, 5.74) is -2.47. The lowest BCUT2D eigenvalue weighted by molar-refractivity contribution is -0.141. The molecule has 0 nitrogen and oxygen atoms in total. The van der Waals surface area contributed by atoms with E-state index in [-0.39, 0.29) is 8.20 Å². The molecule has 0 saturated heterocycles. The molecular formula is C11H9F6P. The summed E-state index contributed by atoms with van der Waals surface area (Å²) in [6.07, 6.45) is -9.59. The molecule has 0 saturated carbocycles. The smallest absolute Gasteiger partial charge is 0.166 e. The average molecular weight is 286 g/mol. The first-order valence-corrected chi connectivity index (χ1v) is 5.72. The second-order valence-electron chi connectivity index (χ2n) is 3.76. The summed E-state index contributed by atoms with van der Waals surface area (Å²) in [5.74, 6) is 0. The van der Waals surface area contributed by atoms with Crippen LogP contribution in [0.5, 0.6) is 0 Å². The first-order chi connectivity index (χ1) is 8.03. The van der Waals surface area contributed by atoms with E-state index in [0.717, 1.165) is 6.07 Å². The molecular weight excluding hydrogens is 277 g/mol. The van der Waals surface area contributed by atoms with Crippen molar-refractivity contribution in [2.75, 3.05) is 0 Å². The fraction of sp³-hybridized carbons (Fsp3) is 0.364. The molecule has 0 amide bonds. The Morgan fingerprint density at radius 2 is 1.28 bits per heavy atom. The fourth-order valence-corrected chi connectivity index (χ4v) is 2.44. The van der Waals surface area contributed by atoms with Crippen molar-refractivity contribution < 1.29 is 26.3 Å². The molecule has 0 aromatic heterocycles. The minimum atomic E-state index is -4.79. The SMILES string of the molecule is CC(C)=Pc1c(C(F)(F)F)cccc1C(F)(F)F. The molecule has 100 valence electrons. The molecule has 0 radical (unpaired) electrons. The predicted molar refractivity (Wildman–Crippen MR) is 59.4 cm³/mol. The van der Waals surface area contributed by atoms with Crippen LogP contribution in [0.3, 0.4) is 0 Å².